The molecule has 1 aromatic carbocycles. The van der Waals surface area contributed by atoms with Crippen LogP contribution in [0.5, 0.6) is 0 Å². The van der Waals surface area contributed by atoms with Gasteiger partial charge in [0.2, 0.25) is 5.91 Å². The Morgan fingerprint density at radius 1 is 1.24 bits per heavy atom. The van der Waals surface area contributed by atoms with E-state index in [4.69, 9.17) is 5.11 Å². The molecule has 1 saturated carbocycles. The number of hydrogen-bond acceptors (Lipinski definition) is 3. The highest BCUT2D eigenvalue weighted by atomic mass is 16.4. The van der Waals surface area contributed by atoms with Crippen LogP contribution in [0.3, 0.4) is 0 Å². The number of aliphatic carboxylic acids is 1. The van der Waals surface area contributed by atoms with E-state index in [0.717, 1.165) is 5.56 Å². The van der Waals surface area contributed by atoms with Crippen molar-refractivity contribution in [3.05, 3.63) is 29.3 Å². The van der Waals surface area contributed by atoms with Crippen molar-refractivity contribution in [3.8, 4) is 0 Å². The first-order valence-corrected chi connectivity index (χ1v) is 6.67. The van der Waals surface area contributed by atoms with Crippen molar-refractivity contribution >= 4 is 23.5 Å². The van der Waals surface area contributed by atoms with E-state index < -0.39 is 17.8 Å². The Bertz CT molecular complexity index is 610. The van der Waals surface area contributed by atoms with Gasteiger partial charge in [0.25, 0.3) is 5.91 Å². The summed E-state index contributed by atoms with van der Waals surface area (Å²) in [6.07, 6.45) is 0.372. The van der Waals surface area contributed by atoms with Crippen molar-refractivity contribution in [3.63, 3.8) is 0 Å². The summed E-state index contributed by atoms with van der Waals surface area (Å²) in [7, 11) is 3.31. The SMILES string of the molecule is Cc1ccc(C(=O)N(C)C)cc1NC(=O)C1CC1C(=O)O. The number of rotatable bonds is 4. The summed E-state index contributed by atoms with van der Waals surface area (Å²) in [6.45, 7) is 1.82. The molecule has 0 spiro atoms. The Morgan fingerprint density at radius 2 is 1.90 bits per heavy atom. The van der Waals surface area contributed by atoms with Gasteiger partial charge in [0.1, 0.15) is 0 Å². The fraction of sp³-hybridized carbons (Fsp3) is 0.400. The average molecular weight is 290 g/mol. The molecule has 1 aliphatic rings. The zero-order valence-electron chi connectivity index (χ0n) is 12.2. The molecule has 0 radical (unpaired) electrons. The van der Waals surface area contributed by atoms with Crippen molar-refractivity contribution < 1.29 is 19.5 Å². The molecule has 6 heteroatoms. The first kappa shape index (κ1) is 15.0. The number of amides is 2. The highest BCUT2D eigenvalue weighted by Gasteiger charge is 2.48. The normalized spacial score (nSPS) is 19.8. The van der Waals surface area contributed by atoms with E-state index in [1.54, 1.807) is 32.3 Å². The smallest absolute Gasteiger partial charge is 0.307 e. The van der Waals surface area contributed by atoms with Crippen molar-refractivity contribution in [2.45, 2.75) is 13.3 Å². The van der Waals surface area contributed by atoms with Gasteiger partial charge < -0.3 is 15.3 Å². The molecule has 2 amide bonds. The second-order valence-corrected chi connectivity index (χ2v) is 5.51. The number of benzene rings is 1. The van der Waals surface area contributed by atoms with E-state index in [9.17, 15) is 14.4 Å². The molecular weight excluding hydrogens is 272 g/mol. The van der Waals surface area contributed by atoms with Crippen LogP contribution < -0.4 is 5.32 Å². The highest BCUT2D eigenvalue weighted by molar-refractivity contribution is 6.00. The largest absolute Gasteiger partial charge is 0.481 e. The number of hydrogen-bond donors (Lipinski definition) is 2. The number of aryl methyl sites for hydroxylation is 1. The lowest BCUT2D eigenvalue weighted by molar-refractivity contribution is -0.139. The molecule has 1 fully saturated rings. The maximum atomic E-state index is 12.0. The number of carbonyl (C=O) groups is 3. The second-order valence-electron chi connectivity index (χ2n) is 5.51. The van der Waals surface area contributed by atoms with Crippen LogP contribution in [0, 0.1) is 18.8 Å². The first-order valence-electron chi connectivity index (χ1n) is 6.67. The van der Waals surface area contributed by atoms with Gasteiger partial charge in [-0.2, -0.15) is 0 Å². The number of carboxylic acids is 1. The minimum absolute atomic E-state index is 0.152. The Hall–Kier alpha value is -2.37. The molecule has 0 aromatic heterocycles. The molecule has 2 unspecified atom stereocenters. The summed E-state index contributed by atoms with van der Waals surface area (Å²) in [5.41, 5.74) is 1.85. The summed E-state index contributed by atoms with van der Waals surface area (Å²) in [4.78, 5) is 36.1. The van der Waals surface area contributed by atoms with E-state index in [1.807, 2.05) is 6.92 Å². The quantitative estimate of drug-likeness (QED) is 0.876. The molecule has 0 aliphatic heterocycles. The maximum absolute atomic E-state index is 12.0. The number of carboxylic acid groups (broad SMARTS) is 1. The van der Waals surface area contributed by atoms with Crippen LogP contribution in [0.1, 0.15) is 22.3 Å². The molecule has 1 aromatic rings. The minimum atomic E-state index is -0.941. The zero-order chi connectivity index (χ0) is 15.7. The monoisotopic (exact) mass is 290 g/mol. The number of carbonyl (C=O) groups excluding carboxylic acids is 2. The van der Waals surface area contributed by atoms with Gasteiger partial charge in [-0.1, -0.05) is 6.07 Å². The van der Waals surface area contributed by atoms with E-state index in [2.05, 4.69) is 5.32 Å². The average Bonchev–Trinajstić information content (AvgIpc) is 3.20. The molecule has 1 aliphatic carbocycles. The Morgan fingerprint density at radius 3 is 2.43 bits per heavy atom. The van der Waals surface area contributed by atoms with Crippen LogP contribution in [-0.4, -0.2) is 41.9 Å². The third-order valence-corrected chi connectivity index (χ3v) is 3.59. The van der Waals surface area contributed by atoms with Crippen LogP contribution in [0.25, 0.3) is 0 Å². The highest BCUT2D eigenvalue weighted by Crippen LogP contribution is 2.39. The van der Waals surface area contributed by atoms with Gasteiger partial charge >= 0.3 is 5.97 Å². The fourth-order valence-corrected chi connectivity index (χ4v) is 2.13. The van der Waals surface area contributed by atoms with Crippen LogP contribution in [0.2, 0.25) is 0 Å². The van der Waals surface area contributed by atoms with Crippen molar-refractivity contribution in [2.75, 3.05) is 19.4 Å². The fourth-order valence-electron chi connectivity index (χ4n) is 2.13. The molecule has 0 saturated heterocycles. The lowest BCUT2D eigenvalue weighted by atomic mass is 10.1. The molecule has 112 valence electrons. The molecule has 0 heterocycles. The lowest BCUT2D eigenvalue weighted by Crippen LogP contribution is -2.22. The minimum Gasteiger partial charge on any atom is -0.481 e. The van der Waals surface area contributed by atoms with Gasteiger partial charge in [0, 0.05) is 25.3 Å². The van der Waals surface area contributed by atoms with Gasteiger partial charge in [-0.3, -0.25) is 14.4 Å². The molecule has 2 atom stereocenters. The molecule has 21 heavy (non-hydrogen) atoms. The van der Waals surface area contributed by atoms with E-state index in [1.165, 1.54) is 4.90 Å². The number of nitrogens with one attached hydrogen (secondary N) is 1. The van der Waals surface area contributed by atoms with Gasteiger partial charge in [-0.25, -0.2) is 0 Å². The molecular formula is C15H18N2O4. The molecule has 6 nitrogen and oxygen atoms in total. The van der Waals surface area contributed by atoms with E-state index in [0.29, 0.717) is 17.7 Å². The van der Waals surface area contributed by atoms with E-state index in [-0.39, 0.29) is 11.8 Å². The van der Waals surface area contributed by atoms with Gasteiger partial charge in [0.15, 0.2) is 0 Å². The first-order chi connectivity index (χ1) is 9.81. The predicted molar refractivity (Wildman–Crippen MR) is 77.1 cm³/mol. The van der Waals surface area contributed by atoms with Crippen LogP contribution in [0.4, 0.5) is 5.69 Å². The van der Waals surface area contributed by atoms with Crippen LogP contribution in [-0.2, 0) is 9.59 Å². The van der Waals surface area contributed by atoms with Gasteiger partial charge in [-0.15, -0.1) is 0 Å². The summed E-state index contributed by atoms with van der Waals surface area (Å²) >= 11 is 0. The summed E-state index contributed by atoms with van der Waals surface area (Å²) < 4.78 is 0. The van der Waals surface area contributed by atoms with Gasteiger partial charge in [-0.05, 0) is 31.0 Å². The number of nitrogens with zero attached hydrogens (tertiary/aromatic N) is 1. The van der Waals surface area contributed by atoms with Crippen LogP contribution >= 0.6 is 0 Å². The standard InChI is InChI=1S/C15H18N2O4/c1-8-4-5-9(14(19)17(2)3)6-12(8)16-13(18)10-7-11(10)15(20)21/h4-6,10-11H,7H2,1-3H3,(H,16,18)(H,20,21). The second kappa shape index (κ2) is 5.55. The van der Waals surface area contributed by atoms with E-state index >= 15 is 0 Å². The summed E-state index contributed by atoms with van der Waals surface area (Å²) in [5, 5.41) is 11.6. The Balaban J connectivity index is 2.13. The third kappa shape index (κ3) is 3.21. The van der Waals surface area contributed by atoms with Crippen molar-refractivity contribution in [1.29, 1.82) is 0 Å². The Labute approximate surface area is 122 Å². The van der Waals surface area contributed by atoms with Crippen LogP contribution in [0.15, 0.2) is 18.2 Å². The Kier molecular flexibility index (Phi) is 3.97. The lowest BCUT2D eigenvalue weighted by Gasteiger charge is -2.13. The topological polar surface area (TPSA) is 86.7 Å². The molecule has 2 N–H and O–H groups in total. The van der Waals surface area contributed by atoms with Crippen molar-refractivity contribution in [1.82, 2.24) is 4.90 Å². The third-order valence-electron chi connectivity index (χ3n) is 3.59. The maximum Gasteiger partial charge on any atom is 0.307 e. The van der Waals surface area contributed by atoms with Crippen molar-refractivity contribution in [2.24, 2.45) is 11.8 Å². The molecule has 0 bridgehead atoms. The zero-order valence-corrected chi connectivity index (χ0v) is 12.2. The van der Waals surface area contributed by atoms with Gasteiger partial charge in [0.05, 0.1) is 11.8 Å². The number of anilines is 1. The predicted octanol–water partition coefficient (Wildman–Crippen LogP) is 1.36. The summed E-state index contributed by atoms with van der Waals surface area (Å²) in [5.74, 6) is -2.46. The molecule has 2 rings (SSSR count). The summed E-state index contributed by atoms with van der Waals surface area (Å²) in [6, 6.07) is 5.08.